The minimum absolute atomic E-state index is 0.140. The molecule has 0 spiro atoms. The third-order valence-corrected chi connectivity index (χ3v) is 4.20. The zero-order valence-corrected chi connectivity index (χ0v) is 14.1. The quantitative estimate of drug-likeness (QED) is 0.763. The Balaban J connectivity index is 2.05. The third-order valence-electron chi connectivity index (χ3n) is 3.35. The van der Waals surface area contributed by atoms with E-state index in [1.54, 1.807) is 6.07 Å². The number of amides is 3. The molecule has 0 aromatic heterocycles. The number of rotatable bonds is 5. The first-order valence-electron chi connectivity index (χ1n) is 7.24. The zero-order chi connectivity index (χ0) is 17.9. The molecule has 1 fully saturated rings. The van der Waals surface area contributed by atoms with Gasteiger partial charge in [-0.25, -0.2) is 18.0 Å². The summed E-state index contributed by atoms with van der Waals surface area (Å²) in [6, 6.07) is 5.48. The molecule has 8 nitrogen and oxygen atoms in total. The van der Waals surface area contributed by atoms with E-state index in [0.29, 0.717) is 12.1 Å². The van der Waals surface area contributed by atoms with Crippen molar-refractivity contribution in [2.24, 2.45) is 0 Å². The van der Waals surface area contributed by atoms with Gasteiger partial charge in [0.25, 0.3) is 5.91 Å². The van der Waals surface area contributed by atoms with Crippen LogP contribution in [0.25, 0.3) is 0 Å². The molecule has 1 heterocycles. The van der Waals surface area contributed by atoms with Gasteiger partial charge in [-0.1, -0.05) is 12.1 Å². The lowest BCUT2D eigenvalue weighted by molar-refractivity contribution is -0.136. The highest BCUT2D eigenvalue weighted by atomic mass is 32.2. The molecule has 1 aromatic carbocycles. The average molecular weight is 354 g/mol. The first-order valence-corrected chi connectivity index (χ1v) is 9.30. The number of sulfone groups is 1. The van der Waals surface area contributed by atoms with Crippen molar-refractivity contribution in [3.05, 3.63) is 35.4 Å². The highest BCUT2D eigenvalue weighted by molar-refractivity contribution is 7.89. The molecule has 1 aliphatic heterocycles. The lowest BCUT2D eigenvalue weighted by Crippen LogP contribution is -2.41. The van der Waals surface area contributed by atoms with Crippen LogP contribution in [0.15, 0.2) is 24.3 Å². The van der Waals surface area contributed by atoms with Crippen molar-refractivity contribution >= 4 is 27.7 Å². The van der Waals surface area contributed by atoms with Crippen LogP contribution in [0.3, 0.4) is 0 Å². The molecule has 0 bridgehead atoms. The van der Waals surface area contributed by atoms with Crippen LogP contribution in [0.5, 0.6) is 0 Å². The first-order chi connectivity index (χ1) is 11.2. The highest BCUT2D eigenvalue weighted by Crippen LogP contribution is 2.12. The van der Waals surface area contributed by atoms with Gasteiger partial charge in [-0.3, -0.25) is 9.69 Å². The van der Waals surface area contributed by atoms with Crippen molar-refractivity contribution in [1.29, 1.82) is 0 Å². The van der Waals surface area contributed by atoms with Crippen LogP contribution in [-0.2, 0) is 25.1 Å². The summed E-state index contributed by atoms with van der Waals surface area (Å²) in [6.07, 6.45) is -0.0280. The number of hydrogen-bond acceptors (Lipinski definition) is 6. The van der Waals surface area contributed by atoms with Gasteiger partial charge in [0, 0.05) is 19.3 Å². The molecule has 1 aliphatic rings. The smallest absolute Gasteiger partial charge is 0.338 e. The van der Waals surface area contributed by atoms with E-state index in [1.165, 1.54) is 25.1 Å². The SMILES string of the molecule is C[C@@H](OC(=O)c1cccc(CS(C)(=O)=O)c1)C(=O)N1CCNC1=O. The predicted octanol–water partition coefficient (Wildman–Crippen LogP) is 0.328. The van der Waals surface area contributed by atoms with E-state index < -0.39 is 33.8 Å². The molecule has 1 N–H and O–H groups in total. The molecule has 2 rings (SSSR count). The number of benzene rings is 1. The molecule has 0 unspecified atom stereocenters. The normalized spacial score (nSPS) is 15.8. The minimum atomic E-state index is -3.23. The Labute approximate surface area is 139 Å². The van der Waals surface area contributed by atoms with Gasteiger partial charge in [0.05, 0.1) is 11.3 Å². The Hall–Kier alpha value is -2.42. The Bertz CT molecular complexity index is 774. The standard InChI is InChI=1S/C15H18N2O6S/c1-10(13(18)17-7-6-16-15(17)20)23-14(19)12-5-3-4-11(8-12)9-24(2,21)22/h3-5,8,10H,6-7,9H2,1-2H3,(H,16,20)/t10-/m1/s1. The number of urea groups is 1. The summed E-state index contributed by atoms with van der Waals surface area (Å²) in [4.78, 5) is 36.7. The van der Waals surface area contributed by atoms with E-state index in [2.05, 4.69) is 5.32 Å². The van der Waals surface area contributed by atoms with Gasteiger partial charge in [0.15, 0.2) is 15.9 Å². The Morgan fingerprint density at radius 1 is 1.38 bits per heavy atom. The maximum absolute atomic E-state index is 12.1. The average Bonchev–Trinajstić information content (AvgIpc) is 2.91. The maximum Gasteiger partial charge on any atom is 0.338 e. The molecule has 0 radical (unpaired) electrons. The summed E-state index contributed by atoms with van der Waals surface area (Å²) in [5.41, 5.74) is 0.589. The number of esters is 1. The largest absolute Gasteiger partial charge is 0.449 e. The third kappa shape index (κ3) is 4.54. The molecule has 3 amide bonds. The highest BCUT2D eigenvalue weighted by Gasteiger charge is 2.31. The number of carbonyl (C=O) groups is 3. The molecule has 9 heteroatoms. The van der Waals surface area contributed by atoms with E-state index in [-0.39, 0.29) is 17.9 Å². The van der Waals surface area contributed by atoms with Crippen molar-refractivity contribution in [2.75, 3.05) is 19.3 Å². The minimum Gasteiger partial charge on any atom is -0.449 e. The van der Waals surface area contributed by atoms with Crippen molar-refractivity contribution in [2.45, 2.75) is 18.8 Å². The van der Waals surface area contributed by atoms with Gasteiger partial charge in [-0.15, -0.1) is 0 Å². The summed E-state index contributed by atoms with van der Waals surface area (Å²) >= 11 is 0. The van der Waals surface area contributed by atoms with E-state index in [4.69, 9.17) is 4.74 Å². The van der Waals surface area contributed by atoms with Gasteiger partial charge in [-0.2, -0.15) is 0 Å². The van der Waals surface area contributed by atoms with Crippen molar-refractivity contribution in [3.63, 3.8) is 0 Å². The van der Waals surface area contributed by atoms with Crippen molar-refractivity contribution in [1.82, 2.24) is 10.2 Å². The number of ether oxygens (including phenoxy) is 1. The lowest BCUT2D eigenvalue weighted by Gasteiger charge is -2.18. The second kappa shape index (κ2) is 7.00. The summed E-state index contributed by atoms with van der Waals surface area (Å²) in [5, 5.41) is 2.49. The molecule has 0 saturated carbocycles. The second-order valence-corrected chi connectivity index (χ2v) is 7.68. The number of imide groups is 1. The molecular formula is C15H18N2O6S. The topological polar surface area (TPSA) is 110 Å². The van der Waals surface area contributed by atoms with Gasteiger partial charge in [-0.05, 0) is 24.6 Å². The van der Waals surface area contributed by atoms with Gasteiger partial charge in [0.2, 0.25) is 0 Å². The molecule has 130 valence electrons. The van der Waals surface area contributed by atoms with Crippen LogP contribution in [0.4, 0.5) is 4.79 Å². The fraction of sp³-hybridized carbons (Fsp3) is 0.400. The van der Waals surface area contributed by atoms with E-state index >= 15 is 0 Å². The van der Waals surface area contributed by atoms with Crippen LogP contribution in [0, 0.1) is 0 Å². The Morgan fingerprint density at radius 2 is 2.08 bits per heavy atom. The summed E-state index contributed by atoms with van der Waals surface area (Å²) in [7, 11) is -3.23. The second-order valence-electron chi connectivity index (χ2n) is 5.54. The predicted molar refractivity (Wildman–Crippen MR) is 85.0 cm³/mol. The monoisotopic (exact) mass is 354 g/mol. The van der Waals surface area contributed by atoms with Crippen molar-refractivity contribution in [3.8, 4) is 0 Å². The van der Waals surface area contributed by atoms with E-state index in [0.717, 1.165) is 11.2 Å². The molecule has 0 aliphatic carbocycles. The van der Waals surface area contributed by atoms with Crippen LogP contribution in [-0.4, -0.2) is 56.7 Å². The summed E-state index contributed by atoms with van der Waals surface area (Å²) < 4.78 is 27.7. The fourth-order valence-electron chi connectivity index (χ4n) is 2.27. The van der Waals surface area contributed by atoms with Gasteiger partial charge in [0.1, 0.15) is 0 Å². The maximum atomic E-state index is 12.1. The zero-order valence-electron chi connectivity index (χ0n) is 13.3. The van der Waals surface area contributed by atoms with Crippen LogP contribution >= 0.6 is 0 Å². The summed E-state index contributed by atoms with van der Waals surface area (Å²) in [6.45, 7) is 1.97. The number of nitrogens with one attached hydrogen (secondary N) is 1. The summed E-state index contributed by atoms with van der Waals surface area (Å²) in [5.74, 6) is -1.56. The van der Waals surface area contributed by atoms with Crippen LogP contribution in [0.2, 0.25) is 0 Å². The van der Waals surface area contributed by atoms with E-state index in [1.807, 2.05) is 0 Å². The number of nitrogens with zero attached hydrogens (tertiary/aromatic N) is 1. The van der Waals surface area contributed by atoms with Crippen LogP contribution < -0.4 is 5.32 Å². The fourth-order valence-corrected chi connectivity index (χ4v) is 3.06. The Kier molecular flexibility index (Phi) is 5.23. The number of carbonyl (C=O) groups excluding carboxylic acids is 3. The molecule has 1 saturated heterocycles. The van der Waals surface area contributed by atoms with E-state index in [9.17, 15) is 22.8 Å². The van der Waals surface area contributed by atoms with Crippen molar-refractivity contribution < 1.29 is 27.5 Å². The lowest BCUT2D eigenvalue weighted by atomic mass is 10.1. The number of hydrogen-bond donors (Lipinski definition) is 1. The van der Waals surface area contributed by atoms with Gasteiger partial charge < -0.3 is 10.1 Å². The molecule has 24 heavy (non-hydrogen) atoms. The Morgan fingerprint density at radius 3 is 2.67 bits per heavy atom. The van der Waals surface area contributed by atoms with Gasteiger partial charge >= 0.3 is 12.0 Å². The molecule has 1 aromatic rings. The molecular weight excluding hydrogens is 336 g/mol. The van der Waals surface area contributed by atoms with Crippen LogP contribution in [0.1, 0.15) is 22.8 Å². The molecule has 1 atom stereocenters. The first kappa shape index (κ1) is 17.9.